The van der Waals surface area contributed by atoms with Gasteiger partial charge in [0.15, 0.2) is 9.84 Å². The fourth-order valence-corrected chi connectivity index (χ4v) is 5.29. The summed E-state index contributed by atoms with van der Waals surface area (Å²) in [5.41, 5.74) is 0.974. The van der Waals surface area contributed by atoms with Crippen LogP contribution in [0.5, 0.6) is 0 Å². The molecular weight excluding hydrogens is 348 g/mol. The van der Waals surface area contributed by atoms with Crippen LogP contribution in [0.4, 0.5) is 0 Å². The lowest BCUT2D eigenvalue weighted by Crippen LogP contribution is -2.46. The van der Waals surface area contributed by atoms with E-state index >= 15 is 0 Å². The highest BCUT2D eigenvalue weighted by atomic mass is 79.9. The molecule has 1 unspecified atom stereocenters. The zero-order valence-electron chi connectivity index (χ0n) is 10.1. The van der Waals surface area contributed by atoms with E-state index in [4.69, 9.17) is 0 Å². The highest BCUT2D eigenvalue weighted by molar-refractivity contribution is 9.10. The zero-order valence-corrected chi connectivity index (χ0v) is 13.3. The number of hydrogen-bond acceptors (Lipinski definition) is 5. The van der Waals surface area contributed by atoms with Gasteiger partial charge in [-0.1, -0.05) is 15.9 Å². The molecule has 0 spiro atoms. The van der Waals surface area contributed by atoms with Crippen LogP contribution in [0, 0.1) is 0 Å². The summed E-state index contributed by atoms with van der Waals surface area (Å²) in [6, 6.07) is 5.98. The van der Waals surface area contributed by atoms with E-state index in [9.17, 15) is 8.42 Å². The smallest absolute Gasteiger partial charge is 0.153 e. The lowest BCUT2D eigenvalue weighted by molar-refractivity contribution is 0.515. The van der Waals surface area contributed by atoms with Gasteiger partial charge in [-0.25, -0.2) is 13.4 Å². The Kier molecular flexibility index (Phi) is 3.63. The molecule has 1 aliphatic heterocycles. The number of sulfone groups is 1. The molecule has 1 aliphatic rings. The predicted molar refractivity (Wildman–Crippen MR) is 81.5 cm³/mol. The molecule has 0 amide bonds. The molecule has 3 rings (SSSR count). The SMILES string of the molecule is O=S1(=O)CCNC(Cc2nc3ccc(Br)cc3s2)C1. The Morgan fingerprint density at radius 3 is 3.11 bits per heavy atom. The van der Waals surface area contributed by atoms with E-state index in [2.05, 4.69) is 26.2 Å². The first-order chi connectivity index (χ1) is 9.02. The van der Waals surface area contributed by atoms with Crippen molar-refractivity contribution in [3.63, 3.8) is 0 Å². The first-order valence-corrected chi connectivity index (χ1v) is 9.44. The largest absolute Gasteiger partial charge is 0.312 e. The van der Waals surface area contributed by atoms with E-state index in [0.29, 0.717) is 13.0 Å². The molecule has 7 heteroatoms. The number of benzene rings is 1. The summed E-state index contributed by atoms with van der Waals surface area (Å²) in [5, 5.41) is 4.25. The van der Waals surface area contributed by atoms with Crippen LogP contribution in [0.3, 0.4) is 0 Å². The minimum atomic E-state index is -2.88. The average molecular weight is 361 g/mol. The molecule has 1 fully saturated rings. The topological polar surface area (TPSA) is 59.1 Å². The van der Waals surface area contributed by atoms with Crippen molar-refractivity contribution >= 4 is 47.3 Å². The molecule has 102 valence electrons. The van der Waals surface area contributed by atoms with Gasteiger partial charge in [0, 0.05) is 23.5 Å². The van der Waals surface area contributed by atoms with Crippen molar-refractivity contribution in [3.05, 3.63) is 27.7 Å². The normalized spacial score (nSPS) is 22.7. The zero-order chi connectivity index (χ0) is 13.5. The van der Waals surface area contributed by atoms with E-state index in [0.717, 1.165) is 19.7 Å². The van der Waals surface area contributed by atoms with Gasteiger partial charge in [-0.3, -0.25) is 0 Å². The van der Waals surface area contributed by atoms with Gasteiger partial charge in [0.2, 0.25) is 0 Å². The number of hydrogen-bond donors (Lipinski definition) is 1. The highest BCUT2D eigenvalue weighted by Crippen LogP contribution is 2.26. The van der Waals surface area contributed by atoms with E-state index in [-0.39, 0.29) is 17.5 Å². The molecule has 1 aromatic carbocycles. The third kappa shape index (κ3) is 3.16. The molecule has 0 aliphatic carbocycles. The number of halogens is 1. The summed E-state index contributed by atoms with van der Waals surface area (Å²) in [4.78, 5) is 4.56. The fourth-order valence-electron chi connectivity index (χ4n) is 2.24. The Morgan fingerprint density at radius 1 is 1.47 bits per heavy atom. The minimum absolute atomic E-state index is 0.0113. The molecule has 1 atom stereocenters. The van der Waals surface area contributed by atoms with E-state index in [1.54, 1.807) is 11.3 Å². The third-order valence-electron chi connectivity index (χ3n) is 3.12. The molecule has 2 aromatic rings. The van der Waals surface area contributed by atoms with Crippen molar-refractivity contribution in [1.82, 2.24) is 10.3 Å². The maximum Gasteiger partial charge on any atom is 0.153 e. The van der Waals surface area contributed by atoms with Crippen LogP contribution in [0.15, 0.2) is 22.7 Å². The second kappa shape index (κ2) is 5.12. The van der Waals surface area contributed by atoms with Crippen molar-refractivity contribution in [2.24, 2.45) is 0 Å². The van der Waals surface area contributed by atoms with Gasteiger partial charge in [0.1, 0.15) is 0 Å². The quantitative estimate of drug-likeness (QED) is 0.889. The van der Waals surface area contributed by atoms with Crippen LogP contribution in [-0.2, 0) is 16.3 Å². The van der Waals surface area contributed by atoms with E-state index in [1.165, 1.54) is 0 Å². The summed E-state index contributed by atoms with van der Waals surface area (Å²) in [6.45, 7) is 0.545. The first kappa shape index (κ1) is 13.5. The molecule has 0 bridgehead atoms. The summed E-state index contributed by atoms with van der Waals surface area (Å²) in [5.74, 6) is 0.461. The van der Waals surface area contributed by atoms with Crippen LogP contribution < -0.4 is 5.32 Å². The Labute approximate surface area is 124 Å². The van der Waals surface area contributed by atoms with Crippen molar-refractivity contribution < 1.29 is 8.42 Å². The summed E-state index contributed by atoms with van der Waals surface area (Å²) >= 11 is 5.07. The molecular formula is C12H13BrN2O2S2. The number of nitrogens with zero attached hydrogens (tertiary/aromatic N) is 1. The van der Waals surface area contributed by atoms with Crippen molar-refractivity contribution in [3.8, 4) is 0 Å². The molecule has 1 aromatic heterocycles. The molecule has 19 heavy (non-hydrogen) atoms. The molecule has 2 heterocycles. The Balaban J connectivity index is 1.81. The highest BCUT2D eigenvalue weighted by Gasteiger charge is 2.25. The van der Waals surface area contributed by atoms with Gasteiger partial charge in [0.25, 0.3) is 0 Å². The van der Waals surface area contributed by atoms with Gasteiger partial charge in [-0.15, -0.1) is 11.3 Å². The first-order valence-electron chi connectivity index (χ1n) is 6.01. The van der Waals surface area contributed by atoms with Gasteiger partial charge >= 0.3 is 0 Å². The second-order valence-corrected chi connectivity index (χ2v) is 8.95. The summed E-state index contributed by atoms with van der Waals surface area (Å²) in [6.07, 6.45) is 0.677. The predicted octanol–water partition coefficient (Wildman–Crippen LogP) is 1.99. The minimum Gasteiger partial charge on any atom is -0.312 e. The van der Waals surface area contributed by atoms with Crippen molar-refractivity contribution in [2.75, 3.05) is 18.1 Å². The number of aromatic nitrogens is 1. The number of fused-ring (bicyclic) bond motifs is 1. The molecule has 0 saturated carbocycles. The van der Waals surface area contributed by atoms with Crippen LogP contribution >= 0.6 is 27.3 Å². The third-order valence-corrected chi connectivity index (χ3v) is 6.39. The van der Waals surface area contributed by atoms with Crippen LogP contribution in [0.1, 0.15) is 5.01 Å². The number of nitrogens with one attached hydrogen (secondary N) is 1. The van der Waals surface area contributed by atoms with Gasteiger partial charge in [-0.05, 0) is 18.2 Å². The van der Waals surface area contributed by atoms with Crippen LogP contribution in [-0.4, -0.2) is 37.5 Å². The Morgan fingerprint density at radius 2 is 2.32 bits per heavy atom. The Hall–Kier alpha value is -0.500. The molecule has 0 radical (unpaired) electrons. The number of thiazole rings is 1. The van der Waals surface area contributed by atoms with Gasteiger partial charge < -0.3 is 5.32 Å². The fraction of sp³-hybridized carbons (Fsp3) is 0.417. The second-order valence-electron chi connectivity index (χ2n) is 4.69. The van der Waals surface area contributed by atoms with E-state index < -0.39 is 9.84 Å². The summed E-state index contributed by atoms with van der Waals surface area (Å²) < 4.78 is 25.4. The Bertz CT molecular complexity index is 712. The lowest BCUT2D eigenvalue weighted by atomic mass is 10.2. The lowest BCUT2D eigenvalue weighted by Gasteiger charge is -2.22. The van der Waals surface area contributed by atoms with Crippen molar-refractivity contribution in [2.45, 2.75) is 12.5 Å². The number of rotatable bonds is 2. The maximum absolute atomic E-state index is 11.6. The summed E-state index contributed by atoms with van der Waals surface area (Å²) in [7, 11) is -2.88. The van der Waals surface area contributed by atoms with E-state index in [1.807, 2.05) is 18.2 Å². The average Bonchev–Trinajstić information content (AvgIpc) is 2.68. The van der Waals surface area contributed by atoms with Gasteiger partial charge in [-0.2, -0.15) is 0 Å². The molecule has 1 N–H and O–H groups in total. The van der Waals surface area contributed by atoms with Gasteiger partial charge in [0.05, 0.1) is 26.7 Å². The van der Waals surface area contributed by atoms with Crippen LogP contribution in [0.25, 0.3) is 10.2 Å². The van der Waals surface area contributed by atoms with Crippen molar-refractivity contribution in [1.29, 1.82) is 0 Å². The molecule has 1 saturated heterocycles. The maximum atomic E-state index is 11.6. The molecule has 4 nitrogen and oxygen atoms in total. The van der Waals surface area contributed by atoms with Crippen LogP contribution in [0.2, 0.25) is 0 Å². The monoisotopic (exact) mass is 360 g/mol. The standard InChI is InChI=1S/C12H13BrN2O2S2/c13-8-1-2-10-11(5-8)18-12(15-10)6-9-7-19(16,17)4-3-14-9/h1-2,5,9,14H,3-4,6-7H2.